The third-order valence-electron chi connectivity index (χ3n) is 5.03. The second kappa shape index (κ2) is 8.85. The average molecular weight is 476 g/mol. The number of H-pyrrole nitrogens is 1. The summed E-state index contributed by atoms with van der Waals surface area (Å²) in [4.78, 5) is 15.3. The van der Waals surface area contributed by atoms with Crippen LogP contribution in [0.1, 0.15) is 11.1 Å². The highest BCUT2D eigenvalue weighted by atomic mass is 32.2. The minimum Gasteiger partial charge on any atom is -0.760 e. The number of halogens is 3. The molecule has 0 bridgehead atoms. The van der Waals surface area contributed by atoms with Crippen molar-refractivity contribution in [1.82, 2.24) is 14.3 Å². The van der Waals surface area contributed by atoms with Crippen LogP contribution in [0, 0.1) is 0 Å². The van der Waals surface area contributed by atoms with Crippen molar-refractivity contribution in [2.45, 2.75) is 12.7 Å². The van der Waals surface area contributed by atoms with Crippen molar-refractivity contribution in [3.05, 3.63) is 82.4 Å². The fourth-order valence-electron chi connectivity index (χ4n) is 3.52. The van der Waals surface area contributed by atoms with E-state index < -0.39 is 23.0 Å². The van der Waals surface area contributed by atoms with Crippen LogP contribution in [0.15, 0.2) is 65.7 Å². The van der Waals surface area contributed by atoms with Crippen LogP contribution >= 0.6 is 0 Å². The molecule has 0 saturated heterocycles. The summed E-state index contributed by atoms with van der Waals surface area (Å²) in [6, 6.07) is 11.1. The van der Waals surface area contributed by atoms with Crippen LogP contribution in [0.5, 0.6) is 11.5 Å². The van der Waals surface area contributed by atoms with Gasteiger partial charge in [0.05, 0.1) is 5.56 Å². The number of para-hydroxylation sites is 1. The van der Waals surface area contributed by atoms with Crippen LogP contribution in [0.3, 0.4) is 0 Å². The average Bonchev–Trinajstić information content (AvgIpc) is 3.25. The van der Waals surface area contributed by atoms with E-state index in [2.05, 4.69) is 9.71 Å². The number of hydrogen-bond acceptors (Lipinski definition) is 4. The van der Waals surface area contributed by atoms with E-state index in [1.165, 1.54) is 28.8 Å². The number of aromatic amines is 1. The van der Waals surface area contributed by atoms with Crippen LogP contribution in [0.25, 0.3) is 22.0 Å². The Morgan fingerprint density at radius 3 is 2.61 bits per heavy atom. The molecule has 0 spiro atoms. The number of fused-ring (bicyclic) bond motifs is 1. The van der Waals surface area contributed by atoms with Crippen LogP contribution in [0.2, 0.25) is 0 Å². The Hall–Kier alpha value is -3.41. The highest BCUT2D eigenvalue weighted by Crippen LogP contribution is 2.41. The third kappa shape index (κ3) is 4.70. The van der Waals surface area contributed by atoms with E-state index >= 15 is 0 Å². The summed E-state index contributed by atoms with van der Waals surface area (Å²) in [5, 5.41) is 0.546. The van der Waals surface area contributed by atoms with Gasteiger partial charge in [0, 0.05) is 53.8 Å². The lowest BCUT2D eigenvalue weighted by Gasteiger charge is -2.18. The quantitative estimate of drug-likeness (QED) is 0.407. The number of benzene rings is 2. The summed E-state index contributed by atoms with van der Waals surface area (Å²) in [6.45, 7) is -0.0371. The number of alkyl halides is 3. The second-order valence-electron chi connectivity index (χ2n) is 7.21. The number of aromatic nitrogens is 2. The molecule has 2 N–H and O–H groups in total. The fraction of sp³-hybridized carbons (Fsp3) is 0.136. The Morgan fingerprint density at radius 2 is 1.88 bits per heavy atom. The van der Waals surface area contributed by atoms with Gasteiger partial charge < -0.3 is 18.8 Å². The molecule has 0 aliphatic carbocycles. The van der Waals surface area contributed by atoms with Crippen LogP contribution < -0.4 is 15.0 Å². The van der Waals surface area contributed by atoms with E-state index in [1.807, 2.05) is 0 Å². The van der Waals surface area contributed by atoms with E-state index in [4.69, 9.17) is 4.74 Å². The van der Waals surface area contributed by atoms with Crippen molar-refractivity contribution in [2.24, 2.45) is 7.05 Å². The van der Waals surface area contributed by atoms with Crippen molar-refractivity contribution in [1.29, 1.82) is 0 Å². The minimum absolute atomic E-state index is 0.0371. The minimum atomic E-state index is -4.62. The molecule has 4 rings (SSSR count). The van der Waals surface area contributed by atoms with Gasteiger partial charge in [0.25, 0.3) is 5.56 Å². The van der Waals surface area contributed by atoms with E-state index in [9.17, 15) is 26.7 Å². The zero-order valence-corrected chi connectivity index (χ0v) is 17.9. The molecule has 1 unspecified atom stereocenters. The highest BCUT2D eigenvalue weighted by molar-refractivity contribution is 7.77. The predicted molar refractivity (Wildman–Crippen MR) is 116 cm³/mol. The molecule has 1 atom stereocenters. The summed E-state index contributed by atoms with van der Waals surface area (Å²) in [5.74, 6) is -0.271. The Kier molecular flexibility index (Phi) is 6.11. The first kappa shape index (κ1) is 22.8. The summed E-state index contributed by atoms with van der Waals surface area (Å²) in [6.07, 6.45) is -1.48. The molecule has 33 heavy (non-hydrogen) atoms. The fourth-order valence-corrected chi connectivity index (χ4v) is 3.81. The molecule has 2 aromatic carbocycles. The topological polar surface area (TPSA) is 99.2 Å². The largest absolute Gasteiger partial charge is 0.760 e. The first-order valence-corrected chi connectivity index (χ1v) is 10.7. The van der Waals surface area contributed by atoms with E-state index in [0.717, 1.165) is 6.07 Å². The van der Waals surface area contributed by atoms with E-state index in [-0.39, 0.29) is 23.6 Å². The van der Waals surface area contributed by atoms with Crippen molar-refractivity contribution in [2.75, 3.05) is 0 Å². The normalized spacial score (nSPS) is 12.8. The number of nitrogens with one attached hydrogen (secondary N) is 2. The number of ether oxygens (including phenoxy) is 1. The summed E-state index contributed by atoms with van der Waals surface area (Å²) in [5.41, 5.74) is 0.573. The van der Waals surface area contributed by atoms with Crippen molar-refractivity contribution >= 4 is 22.2 Å². The number of hydrogen-bond donors (Lipinski definition) is 2. The number of pyridine rings is 1. The molecular weight excluding hydrogens is 459 g/mol. The van der Waals surface area contributed by atoms with Gasteiger partial charge in [0.15, 0.2) is 0 Å². The predicted octanol–water partition coefficient (Wildman–Crippen LogP) is 4.23. The molecule has 2 aromatic heterocycles. The lowest BCUT2D eigenvalue weighted by Crippen LogP contribution is -2.17. The first-order valence-electron chi connectivity index (χ1n) is 9.62. The Labute approximate surface area is 188 Å². The molecule has 0 aliphatic heterocycles. The van der Waals surface area contributed by atoms with Gasteiger partial charge >= 0.3 is 6.18 Å². The number of aryl methyl sites for hydroxylation is 1. The number of rotatable bonds is 6. The van der Waals surface area contributed by atoms with Gasteiger partial charge in [0.1, 0.15) is 17.0 Å². The van der Waals surface area contributed by atoms with Gasteiger partial charge in [-0.25, -0.2) is 4.72 Å². The Balaban J connectivity index is 1.90. The molecule has 7 nitrogen and oxygen atoms in total. The molecule has 0 radical (unpaired) electrons. The molecule has 0 amide bonds. The van der Waals surface area contributed by atoms with Crippen LogP contribution in [-0.4, -0.2) is 18.3 Å². The molecular formula is C22H17F3N3O4S-. The summed E-state index contributed by atoms with van der Waals surface area (Å²) in [7, 11) is 1.55. The van der Waals surface area contributed by atoms with Gasteiger partial charge in [-0.3, -0.25) is 9.00 Å². The maximum absolute atomic E-state index is 13.5. The smallest absolute Gasteiger partial charge is 0.419 e. The van der Waals surface area contributed by atoms with E-state index in [0.29, 0.717) is 27.6 Å². The molecule has 0 saturated carbocycles. The first-order chi connectivity index (χ1) is 15.6. The summed E-state index contributed by atoms with van der Waals surface area (Å²) < 4.78 is 71.6. The maximum Gasteiger partial charge on any atom is 0.419 e. The Morgan fingerprint density at radius 1 is 1.12 bits per heavy atom. The third-order valence-corrected chi connectivity index (χ3v) is 5.41. The lowest BCUT2D eigenvalue weighted by molar-refractivity contribution is -0.138. The van der Waals surface area contributed by atoms with Gasteiger partial charge in [-0.15, -0.1) is 0 Å². The lowest BCUT2D eigenvalue weighted by atomic mass is 10.00. The van der Waals surface area contributed by atoms with Gasteiger partial charge in [-0.1, -0.05) is 18.2 Å². The standard InChI is InChI=1S/C22H18F3N3O4S/c1-28-12-16(14-8-9-26-20(14)21(28)29)15-10-13(11-27-33(30)31)6-7-18(15)32-19-5-3-2-4-17(19)22(23,24)25/h2-10,12,26-27H,11H2,1H3,(H,30,31)/p-1. The van der Waals surface area contributed by atoms with Gasteiger partial charge in [0.2, 0.25) is 0 Å². The zero-order valence-electron chi connectivity index (χ0n) is 17.1. The number of nitrogens with zero attached hydrogens (tertiary/aromatic N) is 1. The molecule has 4 aromatic rings. The van der Waals surface area contributed by atoms with Crippen LogP contribution in [-0.2, 0) is 31.0 Å². The van der Waals surface area contributed by atoms with E-state index in [1.54, 1.807) is 37.6 Å². The molecule has 0 aliphatic rings. The zero-order chi connectivity index (χ0) is 23.8. The molecule has 0 fully saturated rings. The van der Waals surface area contributed by atoms with Crippen LogP contribution in [0.4, 0.5) is 13.2 Å². The maximum atomic E-state index is 13.5. The monoisotopic (exact) mass is 476 g/mol. The van der Waals surface area contributed by atoms with Crippen molar-refractivity contribution in [3.63, 3.8) is 0 Å². The van der Waals surface area contributed by atoms with Gasteiger partial charge in [-0.05, 0) is 35.9 Å². The molecule has 11 heteroatoms. The summed E-state index contributed by atoms with van der Waals surface area (Å²) >= 11 is -2.50. The van der Waals surface area contributed by atoms with Crippen molar-refractivity contribution < 1.29 is 26.7 Å². The second-order valence-corrected chi connectivity index (χ2v) is 7.97. The highest BCUT2D eigenvalue weighted by Gasteiger charge is 2.34. The SMILES string of the molecule is Cn1cc(-c2cc(CNS(=O)[O-])ccc2Oc2ccccc2C(F)(F)F)c2cc[nH]c2c1=O. The molecule has 2 heterocycles. The molecule has 172 valence electrons. The Bertz CT molecular complexity index is 1410. The van der Waals surface area contributed by atoms with Crippen molar-refractivity contribution in [3.8, 4) is 22.6 Å². The van der Waals surface area contributed by atoms with Gasteiger partial charge in [-0.2, -0.15) is 13.2 Å².